The van der Waals surface area contributed by atoms with E-state index in [9.17, 15) is 26.3 Å². The summed E-state index contributed by atoms with van der Waals surface area (Å²) in [5, 5.41) is 0. The summed E-state index contributed by atoms with van der Waals surface area (Å²) >= 11 is 0. The highest BCUT2D eigenvalue weighted by atomic mass is 19.4. The fourth-order valence-electron chi connectivity index (χ4n) is 1.90. The molecule has 0 saturated carbocycles. The van der Waals surface area contributed by atoms with Crippen LogP contribution in [0.2, 0.25) is 0 Å². The van der Waals surface area contributed by atoms with Crippen molar-refractivity contribution in [2.24, 2.45) is 5.73 Å². The molecule has 2 aromatic carbocycles. The lowest BCUT2D eigenvalue weighted by molar-refractivity contribution is -0.140. The molecule has 0 aromatic heterocycles. The standard InChI is InChI=1S/C14H9F6N/c15-9-3-8(4-10(16)6-9)13(21)7-1-2-12(17)11(5-7)14(18,19)20/h1-6,13H,21H2. The summed E-state index contributed by atoms with van der Waals surface area (Å²) in [5.74, 6) is -3.25. The quantitative estimate of drug-likeness (QED) is 0.828. The molecule has 0 aliphatic rings. The molecule has 1 unspecified atom stereocenters. The molecule has 0 bridgehead atoms. The first-order valence-electron chi connectivity index (χ1n) is 5.76. The molecule has 0 heterocycles. The Balaban J connectivity index is 2.46. The third kappa shape index (κ3) is 3.36. The molecule has 0 spiro atoms. The maximum absolute atomic E-state index is 13.2. The summed E-state index contributed by atoms with van der Waals surface area (Å²) in [6, 6.07) is 3.41. The van der Waals surface area contributed by atoms with Crippen molar-refractivity contribution < 1.29 is 26.3 Å². The average Bonchev–Trinajstić information content (AvgIpc) is 2.36. The second-order valence-corrected chi connectivity index (χ2v) is 4.42. The Labute approximate surface area is 116 Å². The molecule has 21 heavy (non-hydrogen) atoms. The van der Waals surface area contributed by atoms with Gasteiger partial charge in [0, 0.05) is 6.07 Å². The van der Waals surface area contributed by atoms with E-state index in [1.54, 1.807) is 0 Å². The van der Waals surface area contributed by atoms with Crippen molar-refractivity contribution in [3.05, 3.63) is 70.5 Å². The van der Waals surface area contributed by atoms with Gasteiger partial charge in [-0.05, 0) is 35.4 Å². The van der Waals surface area contributed by atoms with Crippen molar-refractivity contribution in [3.8, 4) is 0 Å². The predicted octanol–water partition coefficient (Wildman–Crippen LogP) is 4.17. The van der Waals surface area contributed by atoms with Crippen LogP contribution in [0.25, 0.3) is 0 Å². The number of alkyl halides is 3. The van der Waals surface area contributed by atoms with E-state index in [1.807, 2.05) is 0 Å². The van der Waals surface area contributed by atoms with Crippen LogP contribution in [0.4, 0.5) is 26.3 Å². The summed E-state index contributed by atoms with van der Waals surface area (Å²) in [6.45, 7) is 0. The lowest BCUT2D eigenvalue weighted by Crippen LogP contribution is -2.15. The van der Waals surface area contributed by atoms with Crippen molar-refractivity contribution in [1.82, 2.24) is 0 Å². The van der Waals surface area contributed by atoms with Gasteiger partial charge in [0.1, 0.15) is 17.5 Å². The number of hydrogen-bond donors (Lipinski definition) is 1. The van der Waals surface area contributed by atoms with E-state index in [-0.39, 0.29) is 11.1 Å². The van der Waals surface area contributed by atoms with Gasteiger partial charge in [0.15, 0.2) is 0 Å². The van der Waals surface area contributed by atoms with Crippen LogP contribution in [0, 0.1) is 17.5 Å². The van der Waals surface area contributed by atoms with E-state index in [0.717, 1.165) is 18.2 Å². The average molecular weight is 305 g/mol. The van der Waals surface area contributed by atoms with E-state index >= 15 is 0 Å². The zero-order valence-corrected chi connectivity index (χ0v) is 10.4. The first-order chi connectivity index (χ1) is 9.68. The molecule has 2 rings (SSSR count). The third-order valence-corrected chi connectivity index (χ3v) is 2.90. The van der Waals surface area contributed by atoms with Gasteiger partial charge in [-0.15, -0.1) is 0 Å². The minimum absolute atomic E-state index is 0.0489. The highest BCUT2D eigenvalue weighted by Gasteiger charge is 2.34. The van der Waals surface area contributed by atoms with E-state index in [2.05, 4.69) is 0 Å². The molecule has 0 radical (unpaired) electrons. The summed E-state index contributed by atoms with van der Waals surface area (Å²) in [4.78, 5) is 0. The van der Waals surface area contributed by atoms with Gasteiger partial charge in [0.2, 0.25) is 0 Å². The van der Waals surface area contributed by atoms with Crippen LogP contribution < -0.4 is 5.73 Å². The van der Waals surface area contributed by atoms with E-state index in [1.165, 1.54) is 0 Å². The molecule has 1 nitrogen and oxygen atoms in total. The second-order valence-electron chi connectivity index (χ2n) is 4.42. The van der Waals surface area contributed by atoms with Crippen molar-refractivity contribution >= 4 is 0 Å². The number of rotatable bonds is 2. The summed E-state index contributed by atoms with van der Waals surface area (Å²) in [5.41, 5.74) is 4.06. The molecule has 0 aliphatic heterocycles. The normalized spacial score (nSPS) is 13.3. The minimum atomic E-state index is -4.88. The molecule has 0 amide bonds. The maximum Gasteiger partial charge on any atom is 0.419 e. The van der Waals surface area contributed by atoms with Crippen molar-refractivity contribution in [1.29, 1.82) is 0 Å². The smallest absolute Gasteiger partial charge is 0.320 e. The number of nitrogens with two attached hydrogens (primary N) is 1. The molecule has 112 valence electrons. The van der Waals surface area contributed by atoms with E-state index < -0.39 is 35.2 Å². The fraction of sp³-hybridized carbons (Fsp3) is 0.143. The zero-order valence-electron chi connectivity index (χ0n) is 10.4. The van der Waals surface area contributed by atoms with Gasteiger partial charge in [-0.3, -0.25) is 0 Å². The first kappa shape index (κ1) is 15.4. The Hall–Kier alpha value is -2.02. The maximum atomic E-state index is 13.2. The SMILES string of the molecule is NC(c1cc(F)cc(F)c1)c1ccc(F)c(C(F)(F)F)c1. The summed E-state index contributed by atoms with van der Waals surface area (Å²) < 4.78 is 77.2. The Morgan fingerprint density at radius 1 is 0.810 bits per heavy atom. The minimum Gasteiger partial charge on any atom is -0.320 e. The van der Waals surface area contributed by atoms with Crippen LogP contribution in [-0.2, 0) is 6.18 Å². The molecule has 0 fully saturated rings. The molecule has 0 aliphatic carbocycles. The van der Waals surface area contributed by atoms with Crippen LogP contribution in [0.5, 0.6) is 0 Å². The van der Waals surface area contributed by atoms with E-state index in [0.29, 0.717) is 18.2 Å². The largest absolute Gasteiger partial charge is 0.419 e. The molecule has 2 aromatic rings. The van der Waals surface area contributed by atoms with Crippen molar-refractivity contribution in [2.45, 2.75) is 12.2 Å². The first-order valence-corrected chi connectivity index (χ1v) is 5.76. The molecule has 0 saturated heterocycles. The molecular weight excluding hydrogens is 296 g/mol. The van der Waals surface area contributed by atoms with E-state index in [4.69, 9.17) is 5.73 Å². The topological polar surface area (TPSA) is 26.0 Å². The van der Waals surface area contributed by atoms with Crippen LogP contribution in [-0.4, -0.2) is 0 Å². The monoisotopic (exact) mass is 305 g/mol. The second kappa shape index (κ2) is 5.40. The molecule has 2 N–H and O–H groups in total. The summed E-state index contributed by atoms with van der Waals surface area (Å²) in [7, 11) is 0. The number of halogens is 6. The Morgan fingerprint density at radius 3 is 1.90 bits per heavy atom. The van der Waals surface area contributed by atoms with Gasteiger partial charge in [-0.1, -0.05) is 6.07 Å². The van der Waals surface area contributed by atoms with Gasteiger partial charge in [0.25, 0.3) is 0 Å². The van der Waals surface area contributed by atoms with Gasteiger partial charge in [0.05, 0.1) is 11.6 Å². The molecule has 7 heteroatoms. The van der Waals surface area contributed by atoms with Crippen molar-refractivity contribution in [2.75, 3.05) is 0 Å². The molecule has 1 atom stereocenters. The Kier molecular flexibility index (Phi) is 3.95. The highest BCUT2D eigenvalue weighted by Crippen LogP contribution is 2.33. The Bertz CT molecular complexity index is 645. The lowest BCUT2D eigenvalue weighted by Gasteiger charge is -2.16. The number of benzene rings is 2. The van der Waals surface area contributed by atoms with Crippen LogP contribution in [0.1, 0.15) is 22.7 Å². The van der Waals surface area contributed by atoms with Gasteiger partial charge in [-0.2, -0.15) is 13.2 Å². The molecular formula is C14H9F6N. The van der Waals surface area contributed by atoms with Gasteiger partial charge < -0.3 is 5.73 Å². The summed E-state index contributed by atoms with van der Waals surface area (Å²) in [6.07, 6.45) is -4.88. The van der Waals surface area contributed by atoms with Crippen LogP contribution in [0.3, 0.4) is 0 Å². The highest BCUT2D eigenvalue weighted by molar-refractivity contribution is 5.36. The van der Waals surface area contributed by atoms with Crippen molar-refractivity contribution in [3.63, 3.8) is 0 Å². The van der Waals surface area contributed by atoms with Crippen LogP contribution >= 0.6 is 0 Å². The zero-order chi connectivity index (χ0) is 15.8. The van der Waals surface area contributed by atoms with Crippen LogP contribution in [0.15, 0.2) is 36.4 Å². The fourth-order valence-corrected chi connectivity index (χ4v) is 1.90. The Morgan fingerprint density at radius 2 is 1.38 bits per heavy atom. The van der Waals surface area contributed by atoms with Gasteiger partial charge >= 0.3 is 6.18 Å². The predicted molar refractivity (Wildman–Crippen MR) is 63.8 cm³/mol. The third-order valence-electron chi connectivity index (χ3n) is 2.90. The lowest BCUT2D eigenvalue weighted by atomic mass is 9.97. The number of hydrogen-bond acceptors (Lipinski definition) is 1. The van der Waals surface area contributed by atoms with Gasteiger partial charge in [-0.25, -0.2) is 13.2 Å².